The van der Waals surface area contributed by atoms with E-state index in [1.54, 1.807) is 28.2 Å². The molecule has 0 saturated carbocycles. The lowest BCUT2D eigenvalue weighted by atomic mass is 10.1. The van der Waals surface area contributed by atoms with Crippen molar-refractivity contribution >= 4 is 20.9 Å². The van der Waals surface area contributed by atoms with E-state index in [9.17, 15) is 8.42 Å². The molecule has 4 rings (SSSR count). The number of aryl methyl sites for hydroxylation is 1. The predicted octanol–water partition coefficient (Wildman–Crippen LogP) is 3.56. The summed E-state index contributed by atoms with van der Waals surface area (Å²) in [4.78, 5) is 2.61. The van der Waals surface area contributed by atoms with Crippen LogP contribution in [-0.2, 0) is 23.0 Å². The molecule has 0 atom stereocenters. The molecule has 4 nitrogen and oxygen atoms in total. The molecule has 2 aromatic carbocycles. The van der Waals surface area contributed by atoms with E-state index in [0.29, 0.717) is 4.90 Å². The first-order chi connectivity index (χ1) is 12.0. The first-order valence-electron chi connectivity index (χ1n) is 8.60. The van der Waals surface area contributed by atoms with Crippen LogP contribution < -0.4 is 0 Å². The molecular weight excluding hydrogens is 332 g/mol. The van der Waals surface area contributed by atoms with Crippen molar-refractivity contribution in [2.45, 2.75) is 31.2 Å². The van der Waals surface area contributed by atoms with Gasteiger partial charge in [-0.25, -0.2) is 12.4 Å². The van der Waals surface area contributed by atoms with Crippen LogP contribution in [0.5, 0.6) is 0 Å². The van der Waals surface area contributed by atoms with Gasteiger partial charge in [-0.15, -0.1) is 0 Å². The molecule has 0 unspecified atom stereocenters. The largest absolute Gasteiger partial charge is 0.302 e. The summed E-state index contributed by atoms with van der Waals surface area (Å²) < 4.78 is 28.4. The van der Waals surface area contributed by atoms with Crippen molar-refractivity contribution in [3.05, 3.63) is 65.4 Å². The first kappa shape index (κ1) is 16.4. The van der Waals surface area contributed by atoms with Crippen LogP contribution in [-0.4, -0.2) is 30.9 Å². The number of hydrogen-bond donors (Lipinski definition) is 0. The minimum absolute atomic E-state index is 0.341. The Hall–Kier alpha value is -2.11. The van der Waals surface area contributed by atoms with Crippen LogP contribution >= 0.6 is 0 Å². The highest BCUT2D eigenvalue weighted by Gasteiger charge is 2.28. The Kier molecular flexibility index (Phi) is 3.93. The predicted molar refractivity (Wildman–Crippen MR) is 100 cm³/mol. The third-order valence-corrected chi connectivity index (χ3v) is 6.72. The van der Waals surface area contributed by atoms with E-state index < -0.39 is 10.0 Å². The molecule has 25 heavy (non-hydrogen) atoms. The van der Waals surface area contributed by atoms with Crippen molar-refractivity contribution in [1.82, 2.24) is 8.87 Å². The fourth-order valence-electron chi connectivity index (χ4n) is 3.76. The Balaban J connectivity index is 2.06. The molecule has 3 aromatic rings. The van der Waals surface area contributed by atoms with Gasteiger partial charge < -0.3 is 4.90 Å². The van der Waals surface area contributed by atoms with Crippen LogP contribution in [0.4, 0.5) is 0 Å². The Morgan fingerprint density at radius 1 is 1.04 bits per heavy atom. The molecule has 0 radical (unpaired) electrons. The molecule has 1 aliphatic rings. The fraction of sp³-hybridized carbons (Fsp3) is 0.300. The molecule has 1 aromatic heterocycles. The van der Waals surface area contributed by atoms with Gasteiger partial charge in [-0.05, 0) is 63.2 Å². The fourth-order valence-corrected chi connectivity index (χ4v) is 5.38. The van der Waals surface area contributed by atoms with Crippen molar-refractivity contribution in [3.63, 3.8) is 0 Å². The van der Waals surface area contributed by atoms with E-state index in [-0.39, 0.29) is 0 Å². The zero-order valence-corrected chi connectivity index (χ0v) is 15.4. The molecular formula is C20H22N2O2S. The summed E-state index contributed by atoms with van der Waals surface area (Å²) in [6.45, 7) is 3.81. The second-order valence-electron chi connectivity index (χ2n) is 6.87. The highest BCUT2D eigenvalue weighted by Crippen LogP contribution is 2.34. The minimum atomic E-state index is -3.61. The van der Waals surface area contributed by atoms with Crippen molar-refractivity contribution < 1.29 is 8.42 Å². The van der Waals surface area contributed by atoms with E-state index in [2.05, 4.69) is 24.9 Å². The molecule has 0 bridgehead atoms. The molecule has 0 saturated heterocycles. The number of benzene rings is 2. The van der Waals surface area contributed by atoms with Crippen molar-refractivity contribution in [3.8, 4) is 0 Å². The molecule has 2 heterocycles. The van der Waals surface area contributed by atoms with Crippen LogP contribution in [0.2, 0.25) is 0 Å². The maximum atomic E-state index is 13.4. The quantitative estimate of drug-likeness (QED) is 0.707. The monoisotopic (exact) mass is 354 g/mol. The summed E-state index contributed by atoms with van der Waals surface area (Å²) in [6.07, 6.45) is 1.74. The van der Waals surface area contributed by atoms with E-state index in [0.717, 1.165) is 53.7 Å². The minimum Gasteiger partial charge on any atom is -0.302 e. The Morgan fingerprint density at radius 3 is 2.56 bits per heavy atom. The molecule has 5 heteroatoms. The summed E-state index contributed by atoms with van der Waals surface area (Å²) in [6, 6.07) is 14.8. The van der Waals surface area contributed by atoms with Gasteiger partial charge >= 0.3 is 0 Å². The molecule has 130 valence electrons. The maximum Gasteiger partial charge on any atom is 0.268 e. The normalized spacial score (nSPS) is 15.9. The second-order valence-corrected chi connectivity index (χ2v) is 8.66. The third-order valence-electron chi connectivity index (χ3n) is 4.95. The van der Waals surface area contributed by atoms with E-state index >= 15 is 0 Å². The van der Waals surface area contributed by atoms with Gasteiger partial charge in [0.2, 0.25) is 0 Å². The number of hydrogen-bond acceptors (Lipinski definition) is 3. The van der Waals surface area contributed by atoms with Crippen LogP contribution in [0.1, 0.15) is 23.2 Å². The van der Waals surface area contributed by atoms with Gasteiger partial charge in [-0.2, -0.15) is 0 Å². The lowest BCUT2D eigenvalue weighted by Crippen LogP contribution is -2.17. The van der Waals surface area contributed by atoms with Crippen LogP contribution in [0.3, 0.4) is 0 Å². The summed E-state index contributed by atoms with van der Waals surface area (Å²) in [5.41, 5.74) is 4.03. The van der Waals surface area contributed by atoms with Crippen molar-refractivity contribution in [1.29, 1.82) is 0 Å². The Morgan fingerprint density at radius 2 is 1.80 bits per heavy atom. The molecule has 0 spiro atoms. The van der Waals surface area contributed by atoms with Gasteiger partial charge in [-0.3, -0.25) is 0 Å². The molecule has 0 aliphatic carbocycles. The highest BCUT2D eigenvalue weighted by molar-refractivity contribution is 7.90. The molecule has 0 amide bonds. The Bertz CT molecular complexity index is 1040. The van der Waals surface area contributed by atoms with Gasteiger partial charge in [0.1, 0.15) is 0 Å². The zero-order chi connectivity index (χ0) is 17.6. The number of aromatic nitrogens is 1. The molecule has 1 aliphatic heterocycles. The smallest absolute Gasteiger partial charge is 0.268 e. The van der Waals surface area contributed by atoms with Gasteiger partial charge in [0, 0.05) is 17.6 Å². The zero-order valence-electron chi connectivity index (χ0n) is 14.6. The van der Waals surface area contributed by atoms with Gasteiger partial charge in [0.15, 0.2) is 0 Å². The summed E-state index contributed by atoms with van der Waals surface area (Å²) in [5.74, 6) is 0. The third kappa shape index (κ3) is 2.68. The average Bonchev–Trinajstić information content (AvgIpc) is 2.76. The average molecular weight is 354 g/mol. The number of nitrogens with zero attached hydrogens (tertiary/aromatic N) is 2. The van der Waals surface area contributed by atoms with Gasteiger partial charge in [-0.1, -0.05) is 29.8 Å². The second kappa shape index (κ2) is 6.00. The van der Waals surface area contributed by atoms with Crippen LogP contribution in [0, 0.1) is 6.92 Å². The molecule has 0 fully saturated rings. The van der Waals surface area contributed by atoms with Crippen LogP contribution in [0.15, 0.2) is 53.4 Å². The maximum absolute atomic E-state index is 13.4. The van der Waals surface area contributed by atoms with Crippen LogP contribution in [0.25, 0.3) is 10.9 Å². The number of fused-ring (bicyclic) bond motifs is 3. The van der Waals surface area contributed by atoms with Gasteiger partial charge in [0.05, 0.1) is 10.4 Å². The van der Waals surface area contributed by atoms with E-state index in [4.69, 9.17) is 0 Å². The SMILES string of the molecule is Cc1ccc2c(c1)c1c(n2S(=O)(=O)c2ccccc2)CCCN(C)C1. The van der Waals surface area contributed by atoms with Crippen molar-refractivity contribution in [2.24, 2.45) is 0 Å². The summed E-state index contributed by atoms with van der Waals surface area (Å²) >= 11 is 0. The standard InChI is InChI=1S/C20H22N2O2S/c1-15-10-11-20-17(13-15)18-14-21(2)12-6-9-19(18)22(20)25(23,24)16-7-4-3-5-8-16/h3-5,7-8,10-11,13H,6,9,12,14H2,1-2H3. The topological polar surface area (TPSA) is 42.3 Å². The van der Waals surface area contributed by atoms with E-state index in [1.807, 2.05) is 18.2 Å². The van der Waals surface area contributed by atoms with Crippen molar-refractivity contribution in [2.75, 3.05) is 13.6 Å². The summed E-state index contributed by atoms with van der Waals surface area (Å²) in [7, 11) is -1.52. The number of rotatable bonds is 2. The van der Waals surface area contributed by atoms with E-state index in [1.165, 1.54) is 0 Å². The molecule has 0 N–H and O–H groups in total. The lowest BCUT2D eigenvalue weighted by molar-refractivity contribution is 0.333. The van der Waals surface area contributed by atoms with Gasteiger partial charge in [0.25, 0.3) is 10.0 Å². The Labute approximate surface area is 148 Å². The first-order valence-corrected chi connectivity index (χ1v) is 10.0. The highest BCUT2D eigenvalue weighted by atomic mass is 32.2. The lowest BCUT2D eigenvalue weighted by Gasteiger charge is -2.12. The summed E-state index contributed by atoms with van der Waals surface area (Å²) in [5, 5.41) is 1.06.